The van der Waals surface area contributed by atoms with Crippen molar-refractivity contribution in [3.05, 3.63) is 122 Å². The average molecular weight is 667 g/mol. The molecule has 1 unspecified atom stereocenters. The number of sulfone groups is 1. The Balaban J connectivity index is 1.76. The first kappa shape index (κ1) is 34.9. The third-order valence-electron chi connectivity index (χ3n) is 8.54. The highest BCUT2D eigenvalue weighted by Crippen LogP contribution is 2.44. The first-order valence-electron chi connectivity index (χ1n) is 14.4. The van der Waals surface area contributed by atoms with Gasteiger partial charge in [-0.15, -0.1) is 0 Å². The lowest BCUT2D eigenvalue weighted by Crippen LogP contribution is -2.25. The molecule has 0 radical (unpaired) electrons. The Labute approximate surface area is 270 Å². The van der Waals surface area contributed by atoms with Crippen LogP contribution in [0.2, 0.25) is 0 Å². The summed E-state index contributed by atoms with van der Waals surface area (Å²) in [4.78, 5) is 36.9. The molecule has 1 atom stereocenters. The second-order valence-corrected chi connectivity index (χ2v) is 13.2. The van der Waals surface area contributed by atoms with Gasteiger partial charge in [0.1, 0.15) is 5.92 Å². The molecule has 47 heavy (non-hydrogen) atoms. The van der Waals surface area contributed by atoms with Gasteiger partial charge < -0.3 is 15.7 Å². The molecule has 4 rings (SSSR count). The predicted molar refractivity (Wildman–Crippen MR) is 171 cm³/mol. The van der Waals surface area contributed by atoms with E-state index in [1.807, 2.05) is 6.92 Å². The van der Waals surface area contributed by atoms with Crippen LogP contribution in [0, 0.1) is 34.6 Å². The molecule has 3 N–H and O–H groups in total. The number of carboxylic acids is 1. The van der Waals surface area contributed by atoms with Gasteiger partial charge in [0, 0.05) is 18.3 Å². The monoisotopic (exact) mass is 666 g/mol. The Morgan fingerprint density at radius 2 is 1.32 bits per heavy atom. The van der Waals surface area contributed by atoms with Crippen LogP contribution in [0.3, 0.4) is 0 Å². The quantitative estimate of drug-likeness (QED) is 0.185. The predicted octanol–water partition coefficient (Wildman–Crippen LogP) is 7.07. The van der Waals surface area contributed by atoms with Crippen LogP contribution in [0.15, 0.2) is 76.5 Å². The van der Waals surface area contributed by atoms with Gasteiger partial charge in [-0.05, 0) is 116 Å². The Morgan fingerprint density at radius 1 is 0.723 bits per heavy atom. The molecule has 0 bridgehead atoms. The number of hydrogen-bond donors (Lipinski definition) is 3. The highest BCUT2D eigenvalue weighted by Gasteiger charge is 2.43. The molecule has 0 aliphatic rings. The van der Waals surface area contributed by atoms with E-state index in [1.165, 1.54) is 57.3 Å². The summed E-state index contributed by atoms with van der Waals surface area (Å²) >= 11 is 0. The van der Waals surface area contributed by atoms with Gasteiger partial charge >= 0.3 is 12.1 Å². The van der Waals surface area contributed by atoms with Crippen molar-refractivity contribution in [2.24, 2.45) is 0 Å². The fourth-order valence-corrected chi connectivity index (χ4v) is 6.77. The second-order valence-electron chi connectivity index (χ2n) is 11.2. The lowest BCUT2D eigenvalue weighted by Gasteiger charge is -2.27. The summed E-state index contributed by atoms with van der Waals surface area (Å²) in [6.07, 6.45) is -4.63. The summed E-state index contributed by atoms with van der Waals surface area (Å²) in [5, 5.41) is 14.7. The van der Waals surface area contributed by atoms with E-state index in [2.05, 4.69) is 10.6 Å². The lowest BCUT2D eigenvalue weighted by atomic mass is 9.82. The number of nitrogens with one attached hydrogen (secondary N) is 2. The number of carboxylic acid groups (broad SMARTS) is 1. The number of anilines is 1. The van der Waals surface area contributed by atoms with Crippen LogP contribution in [0.1, 0.15) is 75.9 Å². The molecule has 246 valence electrons. The Kier molecular flexibility index (Phi) is 9.67. The van der Waals surface area contributed by atoms with Gasteiger partial charge in [0.25, 0.3) is 11.8 Å². The standard InChI is InChI=1S/C35H33F3N2O6S/c1-18-10-12-26(20(3)19(18)2)31(35(36,37)38)27-14-15-30(22(5)21(27)4)40-33(42)29-17-25(11-13-28(29)34(43)44)47(45,46)24-9-7-8-23(16-24)32(41)39-6/h7-17,31H,1-6H3,(H,39,41)(H,40,42)(H,43,44). The zero-order chi connectivity index (χ0) is 35.0. The molecule has 0 aliphatic heterocycles. The van der Waals surface area contributed by atoms with Gasteiger partial charge in [0.15, 0.2) is 0 Å². The molecule has 12 heteroatoms. The van der Waals surface area contributed by atoms with E-state index >= 15 is 0 Å². The van der Waals surface area contributed by atoms with Gasteiger partial charge in [-0.3, -0.25) is 9.59 Å². The topological polar surface area (TPSA) is 130 Å². The van der Waals surface area contributed by atoms with Crippen LogP contribution in [-0.4, -0.2) is 44.5 Å². The van der Waals surface area contributed by atoms with Crippen molar-refractivity contribution in [2.75, 3.05) is 12.4 Å². The average Bonchev–Trinajstić information content (AvgIpc) is 3.02. The molecular weight excluding hydrogens is 633 g/mol. The number of hydrogen-bond acceptors (Lipinski definition) is 5. The minimum Gasteiger partial charge on any atom is -0.478 e. The summed E-state index contributed by atoms with van der Waals surface area (Å²) < 4.78 is 70.8. The van der Waals surface area contributed by atoms with E-state index in [9.17, 15) is 41.1 Å². The summed E-state index contributed by atoms with van der Waals surface area (Å²) in [6.45, 7) is 8.30. The number of alkyl halides is 3. The number of aryl methyl sites for hydroxylation is 1. The van der Waals surface area contributed by atoms with E-state index in [0.29, 0.717) is 11.1 Å². The molecule has 2 amide bonds. The maximum absolute atomic E-state index is 14.6. The van der Waals surface area contributed by atoms with Crippen molar-refractivity contribution >= 4 is 33.3 Å². The number of carbonyl (C=O) groups excluding carboxylic acids is 2. The normalized spacial score (nSPS) is 12.4. The summed E-state index contributed by atoms with van der Waals surface area (Å²) in [5.74, 6) is -4.94. The minimum atomic E-state index is -4.63. The number of benzene rings is 4. The lowest BCUT2D eigenvalue weighted by molar-refractivity contribution is -0.141. The van der Waals surface area contributed by atoms with Crippen LogP contribution < -0.4 is 10.6 Å². The smallest absolute Gasteiger partial charge is 0.399 e. The van der Waals surface area contributed by atoms with E-state index in [1.54, 1.807) is 19.9 Å². The van der Waals surface area contributed by atoms with Crippen LogP contribution >= 0.6 is 0 Å². The summed E-state index contributed by atoms with van der Waals surface area (Å²) in [5.41, 5.74) is 2.07. The molecule has 4 aromatic rings. The SMILES string of the molecule is CNC(=O)c1cccc(S(=O)(=O)c2ccc(C(=O)O)c(C(=O)Nc3ccc(C(c4ccc(C)c(C)c4C)C(F)(F)F)c(C)c3C)c2)c1. The number of rotatable bonds is 8. The highest BCUT2D eigenvalue weighted by molar-refractivity contribution is 7.91. The van der Waals surface area contributed by atoms with Crippen LogP contribution in [0.5, 0.6) is 0 Å². The summed E-state index contributed by atoms with van der Waals surface area (Å²) in [6, 6.07) is 13.9. The minimum absolute atomic E-state index is 0.00217. The van der Waals surface area contributed by atoms with Crippen molar-refractivity contribution < 1.29 is 41.1 Å². The Morgan fingerprint density at radius 3 is 1.91 bits per heavy atom. The molecule has 8 nitrogen and oxygen atoms in total. The number of amides is 2. The second kappa shape index (κ2) is 13.0. The zero-order valence-corrected chi connectivity index (χ0v) is 27.3. The zero-order valence-electron chi connectivity index (χ0n) is 26.5. The van der Waals surface area contributed by atoms with Gasteiger partial charge in [-0.2, -0.15) is 13.2 Å². The van der Waals surface area contributed by atoms with Crippen molar-refractivity contribution in [1.29, 1.82) is 0 Å². The Bertz CT molecular complexity index is 2040. The first-order valence-corrected chi connectivity index (χ1v) is 15.9. The van der Waals surface area contributed by atoms with E-state index in [4.69, 9.17) is 0 Å². The molecule has 0 aromatic heterocycles. The highest BCUT2D eigenvalue weighted by atomic mass is 32.2. The van der Waals surface area contributed by atoms with Crippen LogP contribution in [0.25, 0.3) is 0 Å². The van der Waals surface area contributed by atoms with Gasteiger partial charge in [-0.25, -0.2) is 13.2 Å². The van der Waals surface area contributed by atoms with Crippen LogP contribution in [0.4, 0.5) is 18.9 Å². The molecule has 0 heterocycles. The third-order valence-corrected chi connectivity index (χ3v) is 10.3. The number of halogens is 3. The van der Waals surface area contributed by atoms with E-state index in [0.717, 1.165) is 35.4 Å². The van der Waals surface area contributed by atoms with Crippen molar-refractivity contribution in [3.8, 4) is 0 Å². The number of aromatic carboxylic acids is 1. The fourth-order valence-electron chi connectivity index (χ4n) is 5.44. The molecule has 0 spiro atoms. The van der Waals surface area contributed by atoms with Crippen LogP contribution in [-0.2, 0) is 9.84 Å². The van der Waals surface area contributed by atoms with Gasteiger partial charge in [0.05, 0.1) is 20.9 Å². The maximum atomic E-state index is 14.6. The van der Waals surface area contributed by atoms with Gasteiger partial charge in [0.2, 0.25) is 9.84 Å². The van der Waals surface area contributed by atoms with Gasteiger partial charge in [-0.1, -0.05) is 24.3 Å². The molecule has 0 saturated carbocycles. The fraction of sp³-hybridized carbons (Fsp3) is 0.229. The van der Waals surface area contributed by atoms with E-state index in [-0.39, 0.29) is 32.8 Å². The number of carbonyl (C=O) groups is 3. The third kappa shape index (κ3) is 6.78. The first-order chi connectivity index (χ1) is 21.9. The van der Waals surface area contributed by atoms with Crippen molar-refractivity contribution in [3.63, 3.8) is 0 Å². The molecule has 4 aromatic carbocycles. The molecule has 0 aliphatic carbocycles. The summed E-state index contributed by atoms with van der Waals surface area (Å²) in [7, 11) is -2.93. The van der Waals surface area contributed by atoms with Crippen molar-refractivity contribution in [2.45, 2.75) is 56.5 Å². The van der Waals surface area contributed by atoms with E-state index < -0.39 is 55.7 Å². The maximum Gasteiger partial charge on any atom is 0.399 e. The molecule has 0 saturated heterocycles. The largest absolute Gasteiger partial charge is 0.478 e. The Hall–Kier alpha value is -4.97. The van der Waals surface area contributed by atoms with Crippen molar-refractivity contribution in [1.82, 2.24) is 5.32 Å². The molecular formula is C35H33F3N2O6S. The molecule has 0 fully saturated rings.